The number of aromatic nitrogens is 5. The summed E-state index contributed by atoms with van der Waals surface area (Å²) < 4.78 is 7.53. The molecule has 7 nitrogen and oxygen atoms in total. The highest BCUT2D eigenvalue weighted by molar-refractivity contribution is 7.98. The van der Waals surface area contributed by atoms with Crippen molar-refractivity contribution >= 4 is 23.1 Å². The zero-order chi connectivity index (χ0) is 19.5. The fourth-order valence-electron chi connectivity index (χ4n) is 3.42. The lowest BCUT2D eigenvalue weighted by molar-refractivity contribution is 0.319. The van der Waals surface area contributed by atoms with Crippen LogP contribution in [0.15, 0.2) is 56.8 Å². The largest absolute Gasteiger partial charge is 0.334 e. The molecule has 4 aromatic rings. The number of hydrogen-bond donors (Lipinski definition) is 0. The minimum absolute atomic E-state index is 0.557. The summed E-state index contributed by atoms with van der Waals surface area (Å²) in [6.45, 7) is 3.06. The molecule has 0 N–H and O–H groups in total. The van der Waals surface area contributed by atoms with Gasteiger partial charge < -0.3 is 4.52 Å². The van der Waals surface area contributed by atoms with E-state index < -0.39 is 0 Å². The third-order valence-electron chi connectivity index (χ3n) is 4.85. The third-order valence-corrected chi connectivity index (χ3v) is 6.45. The molecular weight excluding hydrogens is 404 g/mol. The van der Waals surface area contributed by atoms with E-state index in [0.717, 1.165) is 41.9 Å². The summed E-state index contributed by atoms with van der Waals surface area (Å²) >= 11 is 3.18. The van der Waals surface area contributed by atoms with Crippen LogP contribution < -0.4 is 0 Å². The number of hydrogen-bond acceptors (Lipinski definition) is 8. The maximum atomic E-state index is 5.39. The number of thiophene rings is 1. The van der Waals surface area contributed by atoms with Crippen molar-refractivity contribution in [3.05, 3.63) is 58.8 Å². The summed E-state index contributed by atoms with van der Waals surface area (Å²) in [5.41, 5.74) is 2.03. The van der Waals surface area contributed by atoms with Gasteiger partial charge in [-0.3, -0.25) is 9.47 Å². The molecular formula is C20H20N6OS2. The van der Waals surface area contributed by atoms with E-state index in [4.69, 9.17) is 4.52 Å². The molecule has 1 saturated heterocycles. The fourth-order valence-corrected chi connectivity index (χ4v) is 4.86. The van der Waals surface area contributed by atoms with Gasteiger partial charge in [0.2, 0.25) is 0 Å². The maximum absolute atomic E-state index is 5.39. The molecule has 1 aliphatic rings. The smallest absolute Gasteiger partial charge is 0.258 e. The van der Waals surface area contributed by atoms with Gasteiger partial charge in [-0.15, -0.1) is 10.2 Å². The molecule has 0 spiro atoms. The van der Waals surface area contributed by atoms with Crippen molar-refractivity contribution in [3.63, 3.8) is 0 Å². The Balaban J connectivity index is 1.37. The standard InChI is InChI=1S/C20H20N6OS2/c1-2-6-16(7-3-1)26-18(12-25-9-4-5-10-25)22-23-20(26)29-14-17-21-19(27-24-17)15-8-11-28-13-15/h1-3,6-8,11,13H,4-5,9-10,12,14H2. The van der Waals surface area contributed by atoms with Crippen LogP contribution in [0.25, 0.3) is 17.1 Å². The molecule has 29 heavy (non-hydrogen) atoms. The molecule has 0 bridgehead atoms. The van der Waals surface area contributed by atoms with Gasteiger partial charge in [0.25, 0.3) is 5.89 Å². The van der Waals surface area contributed by atoms with Crippen LogP contribution in [-0.2, 0) is 12.3 Å². The number of para-hydroxylation sites is 1. The first kappa shape index (κ1) is 18.5. The summed E-state index contributed by atoms with van der Waals surface area (Å²) in [6.07, 6.45) is 2.51. The lowest BCUT2D eigenvalue weighted by Crippen LogP contribution is -2.21. The van der Waals surface area contributed by atoms with Gasteiger partial charge >= 0.3 is 0 Å². The Hall–Kier alpha value is -2.49. The van der Waals surface area contributed by atoms with Crippen LogP contribution in [0.4, 0.5) is 0 Å². The second-order valence-corrected chi connectivity index (χ2v) is 8.59. The molecule has 1 aromatic carbocycles. The summed E-state index contributed by atoms with van der Waals surface area (Å²) in [4.78, 5) is 6.94. The lowest BCUT2D eigenvalue weighted by atomic mass is 10.3. The second-order valence-electron chi connectivity index (χ2n) is 6.87. The molecule has 148 valence electrons. The monoisotopic (exact) mass is 424 g/mol. The van der Waals surface area contributed by atoms with E-state index in [-0.39, 0.29) is 0 Å². The zero-order valence-corrected chi connectivity index (χ0v) is 17.4. The van der Waals surface area contributed by atoms with Gasteiger partial charge in [-0.25, -0.2) is 0 Å². The summed E-state index contributed by atoms with van der Waals surface area (Å²) in [7, 11) is 0. The predicted molar refractivity (Wildman–Crippen MR) is 113 cm³/mol. The first-order valence-corrected chi connectivity index (χ1v) is 11.5. The Kier molecular flexibility index (Phi) is 5.42. The fraction of sp³-hybridized carbons (Fsp3) is 0.300. The average molecular weight is 425 g/mol. The van der Waals surface area contributed by atoms with E-state index in [2.05, 4.69) is 41.9 Å². The molecule has 9 heteroatoms. The summed E-state index contributed by atoms with van der Waals surface area (Å²) in [5, 5.41) is 17.9. The van der Waals surface area contributed by atoms with Crippen molar-refractivity contribution in [1.82, 2.24) is 29.8 Å². The van der Waals surface area contributed by atoms with Crippen molar-refractivity contribution in [2.24, 2.45) is 0 Å². The minimum Gasteiger partial charge on any atom is -0.334 e. The van der Waals surface area contributed by atoms with E-state index in [9.17, 15) is 0 Å². The number of benzene rings is 1. The number of thioether (sulfide) groups is 1. The lowest BCUT2D eigenvalue weighted by Gasteiger charge is -2.15. The van der Waals surface area contributed by atoms with Crippen LogP contribution >= 0.6 is 23.1 Å². The van der Waals surface area contributed by atoms with E-state index >= 15 is 0 Å². The van der Waals surface area contributed by atoms with Gasteiger partial charge in [-0.1, -0.05) is 35.1 Å². The first-order chi connectivity index (χ1) is 14.4. The Bertz CT molecular complexity index is 1050. The molecule has 0 saturated carbocycles. The van der Waals surface area contributed by atoms with Crippen LogP contribution in [0.3, 0.4) is 0 Å². The Morgan fingerprint density at radius 1 is 1.07 bits per heavy atom. The van der Waals surface area contributed by atoms with Gasteiger partial charge in [-0.05, 0) is 49.5 Å². The van der Waals surface area contributed by atoms with E-state index in [1.807, 2.05) is 35.0 Å². The van der Waals surface area contributed by atoms with Gasteiger partial charge in [0.05, 0.1) is 17.9 Å². The topological polar surface area (TPSA) is 72.9 Å². The molecule has 5 rings (SSSR count). The van der Waals surface area contributed by atoms with Crippen molar-refractivity contribution in [2.45, 2.75) is 30.3 Å². The van der Waals surface area contributed by atoms with Gasteiger partial charge in [-0.2, -0.15) is 16.3 Å². The molecule has 0 unspecified atom stereocenters. The highest BCUT2D eigenvalue weighted by Crippen LogP contribution is 2.27. The minimum atomic E-state index is 0.557. The molecule has 3 aromatic heterocycles. The molecule has 0 amide bonds. The summed E-state index contributed by atoms with van der Waals surface area (Å²) in [5.74, 6) is 2.75. The Morgan fingerprint density at radius 2 is 1.93 bits per heavy atom. The van der Waals surface area contributed by atoms with Crippen LogP contribution in [0.5, 0.6) is 0 Å². The number of likely N-dealkylation sites (tertiary alicyclic amines) is 1. The normalized spacial score (nSPS) is 14.6. The van der Waals surface area contributed by atoms with Crippen LogP contribution in [0, 0.1) is 0 Å². The quantitative estimate of drug-likeness (QED) is 0.410. The van der Waals surface area contributed by atoms with Gasteiger partial charge in [0.1, 0.15) is 0 Å². The van der Waals surface area contributed by atoms with Crippen molar-refractivity contribution in [1.29, 1.82) is 0 Å². The number of nitrogens with zero attached hydrogens (tertiary/aromatic N) is 6. The van der Waals surface area contributed by atoms with E-state index in [0.29, 0.717) is 17.5 Å². The highest BCUT2D eigenvalue weighted by atomic mass is 32.2. The van der Waals surface area contributed by atoms with E-state index in [1.54, 1.807) is 23.1 Å². The van der Waals surface area contributed by atoms with Gasteiger partial charge in [0, 0.05) is 11.1 Å². The summed E-state index contributed by atoms with van der Waals surface area (Å²) in [6, 6.07) is 12.2. The maximum Gasteiger partial charge on any atom is 0.258 e. The van der Waals surface area contributed by atoms with Crippen molar-refractivity contribution in [3.8, 4) is 17.1 Å². The SMILES string of the molecule is c1ccc(-n2c(CN3CCCC3)nnc2SCc2noc(-c3ccsc3)n2)cc1. The van der Waals surface area contributed by atoms with Crippen molar-refractivity contribution in [2.75, 3.05) is 13.1 Å². The Morgan fingerprint density at radius 3 is 2.72 bits per heavy atom. The average Bonchev–Trinajstić information content (AvgIpc) is 3.54. The second kappa shape index (κ2) is 8.48. The zero-order valence-electron chi connectivity index (χ0n) is 15.8. The van der Waals surface area contributed by atoms with Crippen LogP contribution in [-0.4, -0.2) is 42.9 Å². The predicted octanol–water partition coefficient (Wildman–Crippen LogP) is 4.27. The molecule has 1 fully saturated rings. The molecule has 0 aliphatic carbocycles. The van der Waals surface area contributed by atoms with Crippen molar-refractivity contribution < 1.29 is 4.52 Å². The highest BCUT2D eigenvalue weighted by Gasteiger charge is 2.20. The van der Waals surface area contributed by atoms with Crippen LogP contribution in [0.1, 0.15) is 24.5 Å². The molecule has 0 radical (unpaired) electrons. The van der Waals surface area contributed by atoms with Gasteiger partial charge in [0.15, 0.2) is 16.8 Å². The number of rotatable bonds is 7. The van der Waals surface area contributed by atoms with E-state index in [1.165, 1.54) is 12.8 Å². The first-order valence-electron chi connectivity index (χ1n) is 9.57. The molecule has 4 heterocycles. The third kappa shape index (κ3) is 4.12. The molecule has 1 aliphatic heterocycles. The molecule has 0 atom stereocenters. The Labute approximate surface area is 176 Å². The van der Waals surface area contributed by atoms with Crippen LogP contribution in [0.2, 0.25) is 0 Å².